The highest BCUT2D eigenvalue weighted by Crippen LogP contribution is 2.28. The van der Waals surface area contributed by atoms with Gasteiger partial charge in [-0.3, -0.25) is 4.90 Å². The van der Waals surface area contributed by atoms with E-state index in [1.165, 1.54) is 16.8 Å². The summed E-state index contributed by atoms with van der Waals surface area (Å²) in [5.74, 6) is 1.88. The Morgan fingerprint density at radius 3 is 2.37 bits per heavy atom. The maximum absolute atomic E-state index is 4.88. The quantitative estimate of drug-likeness (QED) is 0.745. The van der Waals surface area contributed by atoms with Gasteiger partial charge in [0.1, 0.15) is 5.82 Å². The van der Waals surface area contributed by atoms with Crippen LogP contribution >= 0.6 is 0 Å². The molecule has 6 nitrogen and oxygen atoms in total. The van der Waals surface area contributed by atoms with Crippen molar-refractivity contribution in [2.45, 2.75) is 19.5 Å². The molecule has 3 rings (SSSR count). The van der Waals surface area contributed by atoms with Gasteiger partial charge in [-0.2, -0.15) is 4.98 Å². The van der Waals surface area contributed by atoms with Gasteiger partial charge in [0.05, 0.1) is 5.69 Å². The maximum atomic E-state index is 4.88. The molecule has 0 saturated heterocycles. The summed E-state index contributed by atoms with van der Waals surface area (Å²) in [6.07, 6.45) is 0.998. The molecule has 27 heavy (non-hydrogen) atoms. The summed E-state index contributed by atoms with van der Waals surface area (Å²) in [5, 5.41) is 0. The molecular formula is C21H32N6. The molecule has 0 unspecified atom stereocenters. The Labute approximate surface area is 163 Å². The first-order valence-corrected chi connectivity index (χ1v) is 9.63. The highest BCUT2D eigenvalue weighted by molar-refractivity contribution is 5.53. The number of fused-ring (bicyclic) bond motifs is 1. The van der Waals surface area contributed by atoms with Gasteiger partial charge in [-0.05, 0) is 26.1 Å². The first kappa shape index (κ1) is 19.6. The van der Waals surface area contributed by atoms with Gasteiger partial charge < -0.3 is 14.7 Å². The lowest BCUT2D eigenvalue weighted by atomic mass is 10.0. The second kappa shape index (κ2) is 8.67. The van der Waals surface area contributed by atoms with Crippen molar-refractivity contribution in [2.75, 3.05) is 64.7 Å². The first-order valence-electron chi connectivity index (χ1n) is 9.63. The fraction of sp³-hybridized carbons (Fsp3) is 0.524. The van der Waals surface area contributed by atoms with Crippen LogP contribution in [0.25, 0.3) is 0 Å². The topological polar surface area (TPSA) is 38.7 Å². The highest BCUT2D eigenvalue weighted by atomic mass is 15.3. The van der Waals surface area contributed by atoms with Crippen LogP contribution in [-0.2, 0) is 19.5 Å². The lowest BCUT2D eigenvalue weighted by Crippen LogP contribution is -2.35. The molecule has 0 fully saturated rings. The number of aromatic nitrogens is 2. The Hall–Kier alpha value is -2.18. The molecule has 0 aliphatic carbocycles. The van der Waals surface area contributed by atoms with Gasteiger partial charge in [0.15, 0.2) is 0 Å². The van der Waals surface area contributed by atoms with Gasteiger partial charge >= 0.3 is 0 Å². The van der Waals surface area contributed by atoms with E-state index in [4.69, 9.17) is 9.97 Å². The SMILES string of the molecule is CN(C)CCN(C)c1nc(N(C)C)nc2c1CCN(Cc1ccccc1)C2. The Kier molecular flexibility index (Phi) is 6.29. The molecule has 146 valence electrons. The summed E-state index contributed by atoms with van der Waals surface area (Å²) in [6.45, 7) is 4.85. The van der Waals surface area contributed by atoms with Crippen molar-refractivity contribution >= 4 is 11.8 Å². The summed E-state index contributed by atoms with van der Waals surface area (Å²) >= 11 is 0. The third kappa shape index (κ3) is 4.96. The fourth-order valence-corrected chi connectivity index (χ4v) is 3.40. The van der Waals surface area contributed by atoms with Crippen LogP contribution in [0.2, 0.25) is 0 Å². The Bertz CT molecular complexity index is 744. The molecular weight excluding hydrogens is 336 g/mol. The van der Waals surface area contributed by atoms with E-state index in [1.54, 1.807) is 0 Å². The lowest BCUT2D eigenvalue weighted by Gasteiger charge is -2.32. The zero-order valence-electron chi connectivity index (χ0n) is 17.3. The molecule has 0 spiro atoms. The second-order valence-electron chi connectivity index (χ2n) is 7.84. The number of likely N-dealkylation sites (N-methyl/N-ethyl adjacent to an activating group) is 2. The van der Waals surface area contributed by atoms with Crippen molar-refractivity contribution in [2.24, 2.45) is 0 Å². The molecule has 0 N–H and O–H groups in total. The maximum Gasteiger partial charge on any atom is 0.227 e. The van der Waals surface area contributed by atoms with Gasteiger partial charge in [0.2, 0.25) is 5.95 Å². The molecule has 1 aromatic carbocycles. The van der Waals surface area contributed by atoms with E-state index in [0.29, 0.717) is 0 Å². The molecule has 1 aliphatic rings. The molecule has 1 aromatic heterocycles. The van der Waals surface area contributed by atoms with Gasteiger partial charge in [0.25, 0.3) is 0 Å². The summed E-state index contributed by atoms with van der Waals surface area (Å²) in [4.78, 5) is 18.7. The molecule has 0 atom stereocenters. The number of anilines is 2. The standard InChI is InChI=1S/C21H32N6/c1-24(2)13-14-26(5)20-18-11-12-27(15-17-9-7-6-8-10-17)16-19(18)22-21(23-20)25(3)4/h6-10H,11-16H2,1-5H3. The molecule has 6 heteroatoms. The average molecular weight is 369 g/mol. The van der Waals surface area contributed by atoms with Crippen LogP contribution in [0.4, 0.5) is 11.8 Å². The van der Waals surface area contributed by atoms with Gasteiger partial charge in [-0.1, -0.05) is 30.3 Å². The van der Waals surface area contributed by atoms with Crippen LogP contribution in [0.5, 0.6) is 0 Å². The molecule has 1 aliphatic heterocycles. The van der Waals surface area contributed by atoms with Crippen molar-refractivity contribution in [3.63, 3.8) is 0 Å². The Morgan fingerprint density at radius 2 is 1.70 bits per heavy atom. The smallest absolute Gasteiger partial charge is 0.227 e. The van der Waals surface area contributed by atoms with Crippen molar-refractivity contribution in [3.05, 3.63) is 47.2 Å². The summed E-state index contributed by atoms with van der Waals surface area (Å²) < 4.78 is 0. The molecule has 0 radical (unpaired) electrons. The minimum Gasteiger partial charge on any atom is -0.358 e. The van der Waals surface area contributed by atoms with Crippen LogP contribution < -0.4 is 9.80 Å². The Balaban J connectivity index is 1.83. The van der Waals surface area contributed by atoms with Crippen LogP contribution in [0.3, 0.4) is 0 Å². The first-order chi connectivity index (χ1) is 12.9. The van der Waals surface area contributed by atoms with E-state index in [-0.39, 0.29) is 0 Å². The van der Waals surface area contributed by atoms with Crippen LogP contribution in [0.1, 0.15) is 16.8 Å². The molecule has 2 aromatic rings. The third-order valence-electron chi connectivity index (χ3n) is 5.00. The summed E-state index contributed by atoms with van der Waals surface area (Å²) in [5.41, 5.74) is 3.83. The number of nitrogens with zero attached hydrogens (tertiary/aromatic N) is 6. The lowest BCUT2D eigenvalue weighted by molar-refractivity contribution is 0.241. The van der Waals surface area contributed by atoms with E-state index in [2.05, 4.69) is 66.2 Å². The summed E-state index contributed by atoms with van der Waals surface area (Å²) in [6, 6.07) is 10.7. The van der Waals surface area contributed by atoms with Crippen molar-refractivity contribution in [1.29, 1.82) is 0 Å². The number of rotatable bonds is 7. The van der Waals surface area contributed by atoms with Crippen molar-refractivity contribution < 1.29 is 0 Å². The fourth-order valence-electron chi connectivity index (χ4n) is 3.40. The largest absolute Gasteiger partial charge is 0.358 e. The predicted octanol–water partition coefficient (Wildman–Crippen LogP) is 2.10. The minimum absolute atomic E-state index is 0.794. The van der Waals surface area contributed by atoms with E-state index < -0.39 is 0 Å². The van der Waals surface area contributed by atoms with Crippen molar-refractivity contribution in [3.8, 4) is 0 Å². The van der Waals surface area contributed by atoms with E-state index in [0.717, 1.165) is 50.9 Å². The normalized spacial score (nSPS) is 14.3. The summed E-state index contributed by atoms with van der Waals surface area (Å²) in [7, 11) is 10.4. The van der Waals surface area contributed by atoms with Gasteiger partial charge in [0, 0.05) is 59.4 Å². The Morgan fingerprint density at radius 1 is 0.963 bits per heavy atom. The van der Waals surface area contributed by atoms with E-state index >= 15 is 0 Å². The van der Waals surface area contributed by atoms with Gasteiger partial charge in [-0.25, -0.2) is 4.98 Å². The average Bonchev–Trinajstić information content (AvgIpc) is 2.65. The number of hydrogen-bond donors (Lipinski definition) is 0. The van der Waals surface area contributed by atoms with Crippen LogP contribution in [-0.4, -0.2) is 74.6 Å². The zero-order chi connectivity index (χ0) is 19.4. The molecule has 0 amide bonds. The second-order valence-corrected chi connectivity index (χ2v) is 7.84. The van der Waals surface area contributed by atoms with E-state index in [1.807, 2.05) is 19.0 Å². The predicted molar refractivity (Wildman–Crippen MR) is 112 cm³/mol. The molecule has 2 heterocycles. The molecule has 0 saturated carbocycles. The zero-order valence-corrected chi connectivity index (χ0v) is 17.3. The van der Waals surface area contributed by atoms with Crippen LogP contribution in [0, 0.1) is 0 Å². The van der Waals surface area contributed by atoms with Gasteiger partial charge in [-0.15, -0.1) is 0 Å². The monoisotopic (exact) mass is 368 g/mol. The highest BCUT2D eigenvalue weighted by Gasteiger charge is 2.24. The third-order valence-corrected chi connectivity index (χ3v) is 5.00. The van der Waals surface area contributed by atoms with E-state index in [9.17, 15) is 0 Å². The number of benzene rings is 1. The number of hydrogen-bond acceptors (Lipinski definition) is 6. The molecule has 0 bridgehead atoms. The van der Waals surface area contributed by atoms with Crippen LogP contribution in [0.15, 0.2) is 30.3 Å². The van der Waals surface area contributed by atoms with Crippen molar-refractivity contribution in [1.82, 2.24) is 19.8 Å². The minimum atomic E-state index is 0.794.